The van der Waals surface area contributed by atoms with E-state index in [0.29, 0.717) is 6.61 Å². The van der Waals surface area contributed by atoms with Crippen molar-refractivity contribution in [2.75, 3.05) is 13.7 Å². The van der Waals surface area contributed by atoms with Gasteiger partial charge in [-0.05, 0) is 18.1 Å². The molecule has 0 radical (unpaired) electrons. The third-order valence-corrected chi connectivity index (χ3v) is 3.62. The van der Waals surface area contributed by atoms with Gasteiger partial charge < -0.3 is 9.47 Å². The minimum atomic E-state index is -0.424. The summed E-state index contributed by atoms with van der Waals surface area (Å²) in [5, 5.41) is 0. The van der Waals surface area contributed by atoms with Gasteiger partial charge in [0.1, 0.15) is 12.4 Å². The molecule has 3 nitrogen and oxygen atoms in total. The summed E-state index contributed by atoms with van der Waals surface area (Å²) in [5.74, 6) is 0.944. The number of rotatable bonds is 2. The lowest BCUT2D eigenvalue weighted by Crippen LogP contribution is -2.22. The quantitative estimate of drug-likeness (QED) is 0.577. The Bertz CT molecular complexity index is 492. The fraction of sp³-hybridized carbons (Fsp3) is 0.357. The molecular weight excluding hydrogens is 216 g/mol. The average Bonchev–Trinajstić information content (AvgIpc) is 3.08. The van der Waals surface area contributed by atoms with Crippen molar-refractivity contribution in [1.82, 2.24) is 0 Å². The van der Waals surface area contributed by atoms with Crippen LogP contribution in [0.25, 0.3) is 0 Å². The van der Waals surface area contributed by atoms with Gasteiger partial charge in [-0.3, -0.25) is 4.79 Å². The molecule has 0 saturated heterocycles. The summed E-state index contributed by atoms with van der Waals surface area (Å²) in [6.07, 6.45) is 4.75. The van der Waals surface area contributed by atoms with Crippen LogP contribution in [0.3, 0.4) is 0 Å². The summed E-state index contributed by atoms with van der Waals surface area (Å²) < 4.78 is 10.5. The molecule has 1 aromatic carbocycles. The average molecular weight is 230 g/mol. The summed E-state index contributed by atoms with van der Waals surface area (Å²) in [4.78, 5) is 11.8. The van der Waals surface area contributed by atoms with Gasteiger partial charge in [0.2, 0.25) is 0 Å². The van der Waals surface area contributed by atoms with E-state index in [2.05, 4.69) is 0 Å². The zero-order valence-corrected chi connectivity index (χ0v) is 9.68. The van der Waals surface area contributed by atoms with E-state index in [1.165, 1.54) is 0 Å². The number of hydrogen-bond donors (Lipinski definition) is 0. The van der Waals surface area contributed by atoms with Crippen molar-refractivity contribution in [1.29, 1.82) is 0 Å². The Hall–Kier alpha value is -1.77. The monoisotopic (exact) mass is 230 g/mol. The Balaban J connectivity index is 1.96. The summed E-state index contributed by atoms with van der Waals surface area (Å²) in [6.45, 7) is 0.402. The van der Waals surface area contributed by atoms with Crippen LogP contribution >= 0.6 is 0 Å². The first-order valence-electron chi connectivity index (χ1n) is 5.76. The zero-order valence-electron chi connectivity index (χ0n) is 9.68. The fourth-order valence-corrected chi connectivity index (χ4v) is 2.61. The molecule has 2 atom stereocenters. The number of hydrogen-bond acceptors (Lipinski definition) is 3. The van der Waals surface area contributed by atoms with Crippen LogP contribution in [0.5, 0.6) is 5.75 Å². The highest BCUT2D eigenvalue weighted by Crippen LogP contribution is 2.63. The van der Waals surface area contributed by atoms with E-state index in [0.717, 1.165) is 17.7 Å². The van der Waals surface area contributed by atoms with Crippen molar-refractivity contribution in [2.24, 2.45) is 5.41 Å². The van der Waals surface area contributed by atoms with Gasteiger partial charge in [0.05, 0.1) is 12.5 Å². The molecule has 88 valence electrons. The lowest BCUT2D eigenvalue weighted by atomic mass is 9.97. The van der Waals surface area contributed by atoms with Crippen LogP contribution in [-0.2, 0) is 9.53 Å². The van der Waals surface area contributed by atoms with Crippen LogP contribution in [-0.4, -0.2) is 19.7 Å². The summed E-state index contributed by atoms with van der Waals surface area (Å²) in [5.41, 5.74) is 0.672. The molecule has 1 aromatic rings. The molecule has 17 heavy (non-hydrogen) atoms. The lowest BCUT2D eigenvalue weighted by Gasteiger charge is -2.17. The molecule has 1 saturated carbocycles. The summed E-state index contributed by atoms with van der Waals surface area (Å²) in [6, 6.07) is 7.86. The van der Waals surface area contributed by atoms with E-state index >= 15 is 0 Å². The maximum atomic E-state index is 11.8. The number of carbonyl (C=O) groups is 1. The van der Waals surface area contributed by atoms with Gasteiger partial charge in [0.25, 0.3) is 0 Å². The van der Waals surface area contributed by atoms with Gasteiger partial charge >= 0.3 is 5.97 Å². The Morgan fingerprint density at radius 3 is 3.00 bits per heavy atom. The van der Waals surface area contributed by atoms with E-state index < -0.39 is 5.41 Å². The topological polar surface area (TPSA) is 35.5 Å². The first kappa shape index (κ1) is 10.4. The van der Waals surface area contributed by atoms with Crippen LogP contribution in [0.2, 0.25) is 0 Å². The molecule has 0 N–H and O–H groups in total. The molecule has 0 unspecified atom stereocenters. The Morgan fingerprint density at radius 1 is 1.41 bits per heavy atom. The number of cyclic esters (lactones) is 1. The molecule has 3 heteroatoms. The van der Waals surface area contributed by atoms with Gasteiger partial charge in [-0.25, -0.2) is 0 Å². The van der Waals surface area contributed by atoms with E-state index in [9.17, 15) is 4.79 Å². The number of methoxy groups -OCH3 is 1. The lowest BCUT2D eigenvalue weighted by molar-refractivity contribution is -0.148. The second kappa shape index (κ2) is 3.62. The molecule has 1 aliphatic carbocycles. The minimum absolute atomic E-state index is 0.101. The number of esters is 1. The molecule has 0 aromatic heterocycles. The van der Waals surface area contributed by atoms with Crippen LogP contribution in [0, 0.1) is 5.41 Å². The van der Waals surface area contributed by atoms with Crippen LogP contribution < -0.4 is 4.74 Å². The van der Waals surface area contributed by atoms with Gasteiger partial charge in [-0.15, -0.1) is 0 Å². The number of para-hydroxylation sites is 1. The van der Waals surface area contributed by atoms with E-state index in [4.69, 9.17) is 9.47 Å². The largest absolute Gasteiger partial charge is 0.496 e. The van der Waals surface area contributed by atoms with Gasteiger partial charge in [0.15, 0.2) is 0 Å². The molecule has 1 aliphatic heterocycles. The summed E-state index contributed by atoms with van der Waals surface area (Å²) >= 11 is 0. The van der Waals surface area contributed by atoms with Crippen molar-refractivity contribution >= 4 is 5.97 Å². The van der Waals surface area contributed by atoms with Crippen molar-refractivity contribution < 1.29 is 14.3 Å². The number of carbonyl (C=O) groups excluding carboxylic acids is 1. The highest BCUT2D eigenvalue weighted by atomic mass is 16.5. The first-order chi connectivity index (χ1) is 8.28. The second-order valence-corrected chi connectivity index (χ2v) is 4.54. The van der Waals surface area contributed by atoms with E-state index in [-0.39, 0.29) is 11.9 Å². The van der Waals surface area contributed by atoms with Crippen molar-refractivity contribution in [3.63, 3.8) is 0 Å². The van der Waals surface area contributed by atoms with Crippen LogP contribution in [0.4, 0.5) is 0 Å². The number of benzene rings is 1. The first-order valence-corrected chi connectivity index (χ1v) is 5.76. The van der Waals surface area contributed by atoms with Gasteiger partial charge in [-0.1, -0.05) is 30.4 Å². The molecular formula is C14H14O3. The third kappa shape index (κ3) is 1.46. The van der Waals surface area contributed by atoms with Crippen molar-refractivity contribution in [3.8, 4) is 5.75 Å². The highest BCUT2D eigenvalue weighted by molar-refractivity contribution is 5.86. The van der Waals surface area contributed by atoms with Gasteiger partial charge in [-0.2, -0.15) is 0 Å². The molecule has 0 amide bonds. The predicted octanol–water partition coefficient (Wildman–Crippen LogP) is 2.28. The third-order valence-electron chi connectivity index (χ3n) is 3.62. The molecule has 2 aliphatic rings. The molecule has 1 fully saturated rings. The fourth-order valence-electron chi connectivity index (χ4n) is 2.61. The van der Waals surface area contributed by atoms with Crippen molar-refractivity contribution in [3.05, 3.63) is 42.0 Å². The molecule has 1 heterocycles. The van der Waals surface area contributed by atoms with Crippen LogP contribution in [0.15, 0.2) is 36.4 Å². The molecule has 0 bridgehead atoms. The molecule has 1 spiro atoms. The molecule has 3 rings (SSSR count). The smallest absolute Gasteiger partial charge is 0.316 e. The minimum Gasteiger partial charge on any atom is -0.496 e. The standard InChI is InChI=1S/C14H14O3/c1-16-12-6-3-2-5-10(12)11-9-14(11)7-4-8-17-13(14)15/h2-7,11H,8-9H2,1H3/t11-,14+/m1/s1. The Labute approximate surface area is 100 Å². The normalized spacial score (nSPS) is 30.2. The van der Waals surface area contributed by atoms with E-state index in [1.54, 1.807) is 7.11 Å². The predicted molar refractivity (Wildman–Crippen MR) is 62.9 cm³/mol. The maximum Gasteiger partial charge on any atom is 0.316 e. The number of ether oxygens (including phenoxy) is 2. The van der Waals surface area contributed by atoms with Gasteiger partial charge in [0, 0.05) is 5.92 Å². The zero-order chi connectivity index (χ0) is 11.9. The SMILES string of the molecule is COc1ccccc1[C@H]1C[C@@]12C=CCOC2=O. The van der Waals surface area contributed by atoms with Crippen molar-refractivity contribution in [2.45, 2.75) is 12.3 Å². The Kier molecular flexibility index (Phi) is 2.21. The second-order valence-electron chi connectivity index (χ2n) is 4.54. The highest BCUT2D eigenvalue weighted by Gasteiger charge is 2.61. The van der Waals surface area contributed by atoms with E-state index in [1.807, 2.05) is 36.4 Å². The maximum absolute atomic E-state index is 11.8. The van der Waals surface area contributed by atoms with Crippen LogP contribution in [0.1, 0.15) is 17.9 Å². The Morgan fingerprint density at radius 2 is 2.24 bits per heavy atom. The summed E-state index contributed by atoms with van der Waals surface area (Å²) in [7, 11) is 1.66.